The second-order valence-electron chi connectivity index (χ2n) is 7.98. The maximum absolute atomic E-state index is 12.9. The van der Waals surface area contributed by atoms with Gasteiger partial charge in [0.1, 0.15) is 0 Å². The minimum atomic E-state index is -0.980. The van der Waals surface area contributed by atoms with Gasteiger partial charge in [-0.3, -0.25) is 0 Å². The lowest BCUT2D eigenvalue weighted by molar-refractivity contribution is 0.0459. The Morgan fingerprint density at radius 2 is 1.45 bits per heavy atom. The molecule has 4 heteroatoms. The lowest BCUT2D eigenvalue weighted by atomic mass is 9.85. The van der Waals surface area contributed by atoms with Gasteiger partial charge in [-0.05, 0) is 52.3 Å². The van der Waals surface area contributed by atoms with Crippen molar-refractivity contribution in [3.05, 3.63) is 83.4 Å². The summed E-state index contributed by atoms with van der Waals surface area (Å²) in [5.41, 5.74) is 4.87. The van der Waals surface area contributed by atoms with Gasteiger partial charge in [0.05, 0.1) is 17.7 Å². The van der Waals surface area contributed by atoms with Crippen LogP contribution in [-0.4, -0.2) is 23.7 Å². The molecule has 0 bridgehead atoms. The highest BCUT2D eigenvalue weighted by Crippen LogP contribution is 2.39. The van der Waals surface area contributed by atoms with Gasteiger partial charge < -0.3 is 9.84 Å². The predicted molar refractivity (Wildman–Crippen MR) is 123 cm³/mol. The summed E-state index contributed by atoms with van der Waals surface area (Å²) in [5.74, 6) is -1.11. The maximum atomic E-state index is 12.9. The van der Waals surface area contributed by atoms with Crippen molar-refractivity contribution in [3.8, 4) is 22.3 Å². The van der Waals surface area contributed by atoms with Crippen LogP contribution in [0.2, 0.25) is 0 Å². The average Bonchev–Trinajstić information content (AvgIpc) is 2.77. The van der Waals surface area contributed by atoms with Gasteiger partial charge in [0.2, 0.25) is 0 Å². The molecule has 1 N–H and O–H groups in total. The van der Waals surface area contributed by atoms with Gasteiger partial charge in [-0.1, -0.05) is 81.8 Å². The zero-order valence-corrected chi connectivity index (χ0v) is 18.2. The second-order valence-corrected chi connectivity index (χ2v) is 7.98. The first-order chi connectivity index (χ1) is 14.9. The van der Waals surface area contributed by atoms with E-state index in [9.17, 15) is 14.7 Å². The summed E-state index contributed by atoms with van der Waals surface area (Å²) in [6, 6.07) is 20.3. The molecule has 31 heavy (non-hydrogen) atoms. The molecule has 0 aromatic heterocycles. The molecular weight excluding hydrogens is 388 g/mol. The van der Waals surface area contributed by atoms with Crippen LogP contribution in [-0.2, 0) is 11.2 Å². The number of rotatable bonds is 8. The second kappa shape index (κ2) is 10.1. The molecule has 3 aromatic carbocycles. The van der Waals surface area contributed by atoms with Crippen molar-refractivity contribution in [1.82, 2.24) is 0 Å². The molecule has 3 rings (SSSR count). The third-order valence-corrected chi connectivity index (χ3v) is 5.08. The molecule has 0 saturated heterocycles. The van der Waals surface area contributed by atoms with Crippen molar-refractivity contribution in [1.29, 1.82) is 0 Å². The Kier molecular flexibility index (Phi) is 7.24. The van der Waals surface area contributed by atoms with Crippen LogP contribution in [0.1, 0.15) is 53.5 Å². The smallest absolute Gasteiger partial charge is 0.338 e. The van der Waals surface area contributed by atoms with E-state index < -0.39 is 5.97 Å². The summed E-state index contributed by atoms with van der Waals surface area (Å²) < 4.78 is 5.53. The van der Waals surface area contributed by atoms with Crippen LogP contribution in [0.15, 0.2) is 66.7 Å². The van der Waals surface area contributed by atoms with Crippen molar-refractivity contribution >= 4 is 11.9 Å². The first kappa shape index (κ1) is 22.3. The fourth-order valence-electron chi connectivity index (χ4n) is 3.72. The van der Waals surface area contributed by atoms with E-state index in [1.807, 2.05) is 62.4 Å². The fourth-order valence-corrected chi connectivity index (χ4v) is 3.72. The zero-order valence-electron chi connectivity index (χ0n) is 18.2. The van der Waals surface area contributed by atoms with Gasteiger partial charge in [0, 0.05) is 0 Å². The monoisotopic (exact) mass is 416 g/mol. The Balaban J connectivity index is 2.26. The molecule has 0 atom stereocenters. The van der Waals surface area contributed by atoms with Crippen LogP contribution >= 0.6 is 0 Å². The van der Waals surface area contributed by atoms with E-state index >= 15 is 0 Å². The molecule has 0 aliphatic carbocycles. The lowest BCUT2D eigenvalue weighted by Crippen LogP contribution is -2.12. The number of hydrogen-bond donors (Lipinski definition) is 1. The molecule has 0 radical (unpaired) electrons. The molecule has 0 heterocycles. The number of hydrogen-bond acceptors (Lipinski definition) is 3. The van der Waals surface area contributed by atoms with Crippen LogP contribution in [0.4, 0.5) is 0 Å². The number of benzene rings is 3. The van der Waals surface area contributed by atoms with Crippen LogP contribution in [0, 0.1) is 5.92 Å². The average molecular weight is 417 g/mol. The Labute approximate surface area is 183 Å². The largest absolute Gasteiger partial charge is 0.478 e. The third kappa shape index (κ3) is 5.02. The normalized spacial score (nSPS) is 10.8. The van der Waals surface area contributed by atoms with Gasteiger partial charge in [0.15, 0.2) is 0 Å². The molecule has 3 aromatic rings. The summed E-state index contributed by atoms with van der Waals surface area (Å²) in [6.07, 6.45) is 1.74. The molecule has 0 aliphatic heterocycles. The topological polar surface area (TPSA) is 63.6 Å². The third-order valence-electron chi connectivity index (χ3n) is 5.08. The number of aromatic carboxylic acids is 1. The Morgan fingerprint density at radius 1 is 0.839 bits per heavy atom. The Morgan fingerprint density at radius 3 is 2.10 bits per heavy atom. The number of carbonyl (C=O) groups excluding carboxylic acids is 1. The van der Waals surface area contributed by atoms with E-state index in [1.54, 1.807) is 18.2 Å². The Hall–Kier alpha value is -3.40. The van der Waals surface area contributed by atoms with Gasteiger partial charge in [-0.25, -0.2) is 9.59 Å². The van der Waals surface area contributed by atoms with Gasteiger partial charge in [-0.15, -0.1) is 0 Å². The van der Waals surface area contributed by atoms with E-state index in [0.717, 1.165) is 35.1 Å². The summed E-state index contributed by atoms with van der Waals surface area (Å²) in [7, 11) is 0. The molecule has 0 fully saturated rings. The minimum Gasteiger partial charge on any atom is -0.478 e. The van der Waals surface area contributed by atoms with Crippen molar-refractivity contribution in [3.63, 3.8) is 0 Å². The summed E-state index contributed by atoms with van der Waals surface area (Å²) in [4.78, 5) is 24.8. The number of carbonyl (C=O) groups is 2. The standard InChI is InChI=1S/C27H28O4/c1-4-10-19-11-9-16-21(20-12-5-7-14-23(20)26(28)29)25(19)22-13-6-8-15-24(22)27(30)31-17-18(2)3/h5-9,11-16,18H,4,10,17H2,1-3H3,(H,28,29). The number of carboxylic acid groups (broad SMARTS) is 1. The van der Waals surface area contributed by atoms with E-state index in [2.05, 4.69) is 6.92 Å². The van der Waals surface area contributed by atoms with Gasteiger partial charge in [-0.2, -0.15) is 0 Å². The molecular formula is C27H28O4. The Bertz CT molecular complexity index is 1080. The SMILES string of the molecule is CCCc1cccc(-c2ccccc2C(=O)O)c1-c1ccccc1C(=O)OCC(C)C. The van der Waals surface area contributed by atoms with E-state index in [-0.39, 0.29) is 17.5 Å². The van der Waals surface area contributed by atoms with Crippen LogP contribution in [0.25, 0.3) is 22.3 Å². The van der Waals surface area contributed by atoms with Crippen LogP contribution in [0.5, 0.6) is 0 Å². The first-order valence-electron chi connectivity index (χ1n) is 10.6. The molecule has 0 spiro atoms. The van der Waals surface area contributed by atoms with Crippen molar-refractivity contribution in [2.45, 2.75) is 33.6 Å². The highest BCUT2D eigenvalue weighted by Gasteiger charge is 2.21. The highest BCUT2D eigenvalue weighted by molar-refractivity contribution is 6.03. The van der Waals surface area contributed by atoms with Crippen LogP contribution in [0.3, 0.4) is 0 Å². The van der Waals surface area contributed by atoms with Crippen LogP contribution < -0.4 is 0 Å². The summed E-state index contributed by atoms with van der Waals surface area (Å²) in [6.45, 7) is 6.44. The molecule has 0 aliphatic rings. The van der Waals surface area contributed by atoms with Gasteiger partial charge in [0.25, 0.3) is 0 Å². The molecule has 4 nitrogen and oxygen atoms in total. The van der Waals surface area contributed by atoms with E-state index in [0.29, 0.717) is 17.7 Å². The highest BCUT2D eigenvalue weighted by atomic mass is 16.5. The van der Waals surface area contributed by atoms with E-state index in [1.165, 1.54) is 0 Å². The lowest BCUT2D eigenvalue weighted by Gasteiger charge is -2.19. The minimum absolute atomic E-state index is 0.234. The number of carboxylic acids is 1. The predicted octanol–water partition coefficient (Wildman–Crippen LogP) is 6.48. The summed E-state index contributed by atoms with van der Waals surface area (Å²) >= 11 is 0. The maximum Gasteiger partial charge on any atom is 0.338 e. The number of aryl methyl sites for hydroxylation is 1. The van der Waals surface area contributed by atoms with E-state index in [4.69, 9.17) is 4.74 Å². The molecule has 160 valence electrons. The van der Waals surface area contributed by atoms with Crippen molar-refractivity contribution in [2.24, 2.45) is 5.92 Å². The number of ether oxygens (including phenoxy) is 1. The summed E-state index contributed by atoms with van der Waals surface area (Å²) in [5, 5.41) is 9.75. The van der Waals surface area contributed by atoms with Crippen molar-refractivity contribution < 1.29 is 19.4 Å². The molecule has 0 unspecified atom stereocenters. The van der Waals surface area contributed by atoms with Gasteiger partial charge >= 0.3 is 11.9 Å². The van der Waals surface area contributed by atoms with Crippen molar-refractivity contribution in [2.75, 3.05) is 6.61 Å². The first-order valence-corrected chi connectivity index (χ1v) is 10.6. The fraction of sp³-hybridized carbons (Fsp3) is 0.259. The number of esters is 1. The quantitative estimate of drug-likeness (QED) is 0.427. The molecule has 0 saturated carbocycles. The zero-order chi connectivity index (χ0) is 22.4. The molecule has 0 amide bonds.